The zero-order valence-corrected chi connectivity index (χ0v) is 14.2. The fourth-order valence-electron chi connectivity index (χ4n) is 2.26. The molecule has 1 amide bonds. The SMILES string of the molecule is COc1ccc(C[C@H](NC(=O)C=Cc2ccc(C#N)cc2)C(=O)O)cc1. The fourth-order valence-corrected chi connectivity index (χ4v) is 2.26. The third-order valence-corrected chi connectivity index (χ3v) is 3.68. The molecule has 26 heavy (non-hydrogen) atoms. The topological polar surface area (TPSA) is 99.4 Å². The van der Waals surface area contributed by atoms with E-state index in [-0.39, 0.29) is 6.42 Å². The van der Waals surface area contributed by atoms with Gasteiger partial charge in [0.1, 0.15) is 11.8 Å². The first-order valence-electron chi connectivity index (χ1n) is 7.86. The van der Waals surface area contributed by atoms with Crippen molar-refractivity contribution in [2.45, 2.75) is 12.5 Å². The molecular weight excluding hydrogens is 332 g/mol. The molecule has 2 aromatic carbocycles. The Morgan fingerprint density at radius 3 is 2.38 bits per heavy atom. The number of methoxy groups -OCH3 is 1. The highest BCUT2D eigenvalue weighted by Gasteiger charge is 2.19. The van der Waals surface area contributed by atoms with Gasteiger partial charge in [-0.05, 0) is 41.5 Å². The molecule has 0 unspecified atom stereocenters. The van der Waals surface area contributed by atoms with E-state index < -0.39 is 17.9 Å². The van der Waals surface area contributed by atoms with Gasteiger partial charge in [0.2, 0.25) is 5.91 Å². The average molecular weight is 350 g/mol. The van der Waals surface area contributed by atoms with Crippen LogP contribution in [-0.4, -0.2) is 30.1 Å². The third-order valence-electron chi connectivity index (χ3n) is 3.68. The Labute approximate surface area is 151 Å². The third kappa shape index (κ3) is 5.49. The monoisotopic (exact) mass is 350 g/mol. The Kier molecular flexibility index (Phi) is 6.52. The summed E-state index contributed by atoms with van der Waals surface area (Å²) in [5, 5.41) is 20.6. The fraction of sp³-hybridized carbons (Fsp3) is 0.150. The largest absolute Gasteiger partial charge is 0.497 e. The molecule has 0 aromatic heterocycles. The number of nitrogens with zero attached hydrogens (tertiary/aromatic N) is 1. The van der Waals surface area contributed by atoms with Gasteiger partial charge >= 0.3 is 5.97 Å². The molecule has 132 valence electrons. The van der Waals surface area contributed by atoms with Crippen molar-refractivity contribution in [3.05, 3.63) is 71.3 Å². The quantitative estimate of drug-likeness (QED) is 0.747. The van der Waals surface area contributed by atoms with Crippen LogP contribution in [0.2, 0.25) is 0 Å². The summed E-state index contributed by atoms with van der Waals surface area (Å²) in [5.41, 5.74) is 2.03. The Hall–Kier alpha value is -3.59. The van der Waals surface area contributed by atoms with E-state index in [1.807, 2.05) is 6.07 Å². The molecule has 1 atom stereocenters. The molecule has 0 radical (unpaired) electrons. The number of ether oxygens (including phenoxy) is 1. The lowest BCUT2D eigenvalue weighted by molar-refractivity contribution is -0.141. The summed E-state index contributed by atoms with van der Waals surface area (Å²) in [5.74, 6) is -0.939. The zero-order valence-electron chi connectivity index (χ0n) is 14.2. The summed E-state index contributed by atoms with van der Waals surface area (Å²) in [6.07, 6.45) is 2.99. The van der Waals surface area contributed by atoms with E-state index in [4.69, 9.17) is 10.00 Å². The minimum atomic E-state index is -1.11. The summed E-state index contributed by atoms with van der Waals surface area (Å²) in [4.78, 5) is 23.4. The van der Waals surface area contributed by atoms with Crippen molar-refractivity contribution in [1.29, 1.82) is 5.26 Å². The van der Waals surface area contributed by atoms with Crippen molar-refractivity contribution < 1.29 is 19.4 Å². The Morgan fingerprint density at radius 1 is 1.19 bits per heavy atom. The van der Waals surface area contributed by atoms with Gasteiger partial charge in [0.05, 0.1) is 18.7 Å². The molecule has 0 saturated carbocycles. The van der Waals surface area contributed by atoms with Gasteiger partial charge < -0.3 is 15.2 Å². The molecule has 6 heteroatoms. The van der Waals surface area contributed by atoms with E-state index in [9.17, 15) is 14.7 Å². The van der Waals surface area contributed by atoms with Crippen LogP contribution < -0.4 is 10.1 Å². The maximum absolute atomic E-state index is 12.0. The van der Waals surface area contributed by atoms with Crippen molar-refractivity contribution in [2.24, 2.45) is 0 Å². The van der Waals surface area contributed by atoms with Crippen molar-refractivity contribution >= 4 is 18.0 Å². The van der Waals surface area contributed by atoms with Gasteiger partial charge in [-0.15, -0.1) is 0 Å². The van der Waals surface area contributed by atoms with E-state index >= 15 is 0 Å². The number of carbonyl (C=O) groups excluding carboxylic acids is 1. The first kappa shape index (κ1) is 18.7. The normalized spacial score (nSPS) is 11.5. The van der Waals surface area contributed by atoms with Crippen molar-refractivity contribution in [1.82, 2.24) is 5.32 Å². The molecular formula is C20H18N2O4. The number of nitrogens with one attached hydrogen (secondary N) is 1. The number of aliphatic carboxylic acids is 1. The van der Waals surface area contributed by atoms with Crippen molar-refractivity contribution in [3.8, 4) is 11.8 Å². The molecule has 2 rings (SSSR count). The first-order chi connectivity index (χ1) is 12.5. The van der Waals surface area contributed by atoms with Crippen LogP contribution in [0.15, 0.2) is 54.6 Å². The number of carbonyl (C=O) groups is 2. The standard InChI is InChI=1S/C20H18N2O4/c1-26-17-9-6-15(7-10-17)12-18(20(24)25)22-19(23)11-8-14-2-4-16(13-21)5-3-14/h2-11,18H,12H2,1H3,(H,22,23)(H,24,25)/t18-/m0/s1. The minimum absolute atomic E-state index is 0.162. The predicted octanol–water partition coefficient (Wildman–Crippen LogP) is 2.39. The molecule has 0 aliphatic carbocycles. The highest BCUT2D eigenvalue weighted by Crippen LogP contribution is 2.13. The van der Waals surface area contributed by atoms with E-state index in [0.29, 0.717) is 11.3 Å². The number of amides is 1. The van der Waals surface area contributed by atoms with Crippen molar-refractivity contribution in [2.75, 3.05) is 7.11 Å². The molecule has 0 saturated heterocycles. The predicted molar refractivity (Wildman–Crippen MR) is 96.5 cm³/mol. The second-order valence-corrected chi connectivity index (χ2v) is 5.52. The number of hydrogen-bond donors (Lipinski definition) is 2. The summed E-state index contributed by atoms with van der Waals surface area (Å²) in [6.45, 7) is 0. The van der Waals surface area contributed by atoms with Gasteiger partial charge in [-0.3, -0.25) is 4.79 Å². The van der Waals surface area contributed by atoms with Crippen LogP contribution in [0.25, 0.3) is 6.08 Å². The summed E-state index contributed by atoms with van der Waals surface area (Å²) < 4.78 is 5.06. The highest BCUT2D eigenvalue weighted by atomic mass is 16.5. The van der Waals surface area contributed by atoms with Gasteiger partial charge in [-0.2, -0.15) is 5.26 Å². The molecule has 0 fully saturated rings. The second kappa shape index (κ2) is 9.04. The summed E-state index contributed by atoms with van der Waals surface area (Å²) in [7, 11) is 1.55. The average Bonchev–Trinajstić information content (AvgIpc) is 2.66. The molecule has 2 N–H and O–H groups in total. The van der Waals surface area contributed by atoms with Gasteiger partial charge in [0.25, 0.3) is 0 Å². The number of benzene rings is 2. The van der Waals surface area contributed by atoms with Crippen LogP contribution >= 0.6 is 0 Å². The van der Waals surface area contributed by atoms with Crippen LogP contribution in [0, 0.1) is 11.3 Å². The molecule has 0 bridgehead atoms. The van der Waals surface area contributed by atoms with Gasteiger partial charge in [0, 0.05) is 12.5 Å². The molecule has 0 aliphatic heterocycles. The van der Waals surface area contributed by atoms with E-state index in [1.165, 1.54) is 6.08 Å². The van der Waals surface area contributed by atoms with Crippen LogP contribution in [-0.2, 0) is 16.0 Å². The van der Waals surface area contributed by atoms with Gasteiger partial charge in [-0.1, -0.05) is 24.3 Å². The lowest BCUT2D eigenvalue weighted by Gasteiger charge is -2.13. The van der Waals surface area contributed by atoms with Gasteiger partial charge in [-0.25, -0.2) is 4.79 Å². The van der Waals surface area contributed by atoms with Crippen LogP contribution in [0.4, 0.5) is 0 Å². The lowest BCUT2D eigenvalue weighted by atomic mass is 10.1. The number of hydrogen-bond acceptors (Lipinski definition) is 4. The van der Waals surface area contributed by atoms with Crippen LogP contribution in [0.3, 0.4) is 0 Å². The van der Waals surface area contributed by atoms with Crippen molar-refractivity contribution in [3.63, 3.8) is 0 Å². The summed E-state index contributed by atoms with van der Waals surface area (Å²) >= 11 is 0. The number of carboxylic acid groups (broad SMARTS) is 1. The number of rotatable bonds is 7. The Balaban J connectivity index is 1.99. The first-order valence-corrected chi connectivity index (χ1v) is 7.86. The Morgan fingerprint density at radius 2 is 1.85 bits per heavy atom. The second-order valence-electron chi connectivity index (χ2n) is 5.52. The zero-order chi connectivity index (χ0) is 18.9. The molecule has 2 aromatic rings. The lowest BCUT2D eigenvalue weighted by Crippen LogP contribution is -2.41. The maximum Gasteiger partial charge on any atom is 0.326 e. The molecule has 0 heterocycles. The number of carboxylic acids is 1. The highest BCUT2D eigenvalue weighted by molar-refractivity contribution is 5.94. The molecule has 0 spiro atoms. The minimum Gasteiger partial charge on any atom is -0.497 e. The molecule has 6 nitrogen and oxygen atoms in total. The maximum atomic E-state index is 12.0. The van der Waals surface area contributed by atoms with Crippen LogP contribution in [0.5, 0.6) is 5.75 Å². The molecule has 0 aliphatic rings. The van der Waals surface area contributed by atoms with E-state index in [0.717, 1.165) is 11.1 Å². The smallest absolute Gasteiger partial charge is 0.326 e. The van der Waals surface area contributed by atoms with Crippen LogP contribution in [0.1, 0.15) is 16.7 Å². The van der Waals surface area contributed by atoms with E-state index in [2.05, 4.69) is 5.32 Å². The van der Waals surface area contributed by atoms with Gasteiger partial charge in [0.15, 0.2) is 0 Å². The summed E-state index contributed by atoms with van der Waals surface area (Å²) in [6, 6.07) is 14.6. The Bertz CT molecular complexity index is 834. The van der Waals surface area contributed by atoms with E-state index in [1.54, 1.807) is 61.7 Å². The number of nitriles is 1.